The van der Waals surface area contributed by atoms with Crippen molar-refractivity contribution in [1.29, 1.82) is 0 Å². The Balaban J connectivity index is 1.73. The normalized spacial score (nSPS) is 12.2. The second-order valence-electron chi connectivity index (χ2n) is 6.85. The van der Waals surface area contributed by atoms with E-state index in [1.54, 1.807) is 6.92 Å². The van der Waals surface area contributed by atoms with Crippen molar-refractivity contribution in [3.63, 3.8) is 0 Å². The Bertz CT molecular complexity index is 1140. The third-order valence-corrected chi connectivity index (χ3v) is 4.46. The molecule has 3 rings (SSSR count). The second-order valence-corrected chi connectivity index (χ2v) is 6.85. The number of carbonyl (C=O) groups excluding carboxylic acids is 1. The molecule has 0 aliphatic rings. The number of benzene rings is 1. The number of aryl methyl sites for hydroxylation is 2. The Morgan fingerprint density at radius 2 is 1.78 bits per heavy atom. The van der Waals surface area contributed by atoms with Gasteiger partial charge in [-0.15, -0.1) is 5.10 Å². The van der Waals surface area contributed by atoms with Crippen molar-refractivity contribution in [2.45, 2.75) is 39.0 Å². The van der Waals surface area contributed by atoms with Crippen molar-refractivity contribution in [2.24, 2.45) is 0 Å². The monoisotopic (exact) mass is 461 g/mol. The highest BCUT2D eigenvalue weighted by Crippen LogP contribution is 2.28. The van der Waals surface area contributed by atoms with E-state index >= 15 is 0 Å². The molecule has 0 bridgehead atoms. The van der Waals surface area contributed by atoms with E-state index in [0.29, 0.717) is 17.0 Å². The molecule has 3 aromatic rings. The number of hydrogen-bond donors (Lipinski definition) is 1. The molecular weight excluding hydrogens is 444 g/mol. The fourth-order valence-electron chi connectivity index (χ4n) is 3.00. The number of hydrogen-bond acceptors (Lipinski definition) is 5. The zero-order valence-corrected chi connectivity index (χ0v) is 16.8. The van der Waals surface area contributed by atoms with Gasteiger partial charge in [0.1, 0.15) is 5.75 Å². The first kappa shape index (κ1) is 23.3. The first-order valence-electron chi connectivity index (χ1n) is 9.23. The number of amides is 1. The first-order valence-corrected chi connectivity index (χ1v) is 9.23. The summed E-state index contributed by atoms with van der Waals surface area (Å²) in [6.07, 6.45) is -9.26. The molecule has 0 atom stereocenters. The smallest absolute Gasteiger partial charge is 0.453 e. The van der Waals surface area contributed by atoms with Crippen molar-refractivity contribution in [3.8, 4) is 5.75 Å². The van der Waals surface area contributed by atoms with Gasteiger partial charge in [-0.3, -0.25) is 4.79 Å². The third-order valence-electron chi connectivity index (χ3n) is 4.46. The lowest BCUT2D eigenvalue weighted by molar-refractivity contribution is -0.153. The summed E-state index contributed by atoms with van der Waals surface area (Å²) in [6, 6.07) is 5.66. The number of fused-ring (bicyclic) bond motifs is 1. The summed E-state index contributed by atoms with van der Waals surface area (Å²) in [4.78, 5) is 19.8. The Kier molecular flexibility index (Phi) is 6.28. The van der Waals surface area contributed by atoms with Gasteiger partial charge in [-0.05, 0) is 38.0 Å². The largest absolute Gasteiger partial charge is 0.482 e. The molecule has 0 radical (unpaired) electrons. The summed E-state index contributed by atoms with van der Waals surface area (Å²) in [7, 11) is 0. The number of alkyl halides is 6. The first-order chi connectivity index (χ1) is 14.8. The summed E-state index contributed by atoms with van der Waals surface area (Å²) in [5, 5.41) is 5.92. The Labute approximate surface area is 177 Å². The zero-order chi connectivity index (χ0) is 23.7. The van der Waals surface area contributed by atoms with Gasteiger partial charge in [0.05, 0.1) is 5.69 Å². The molecule has 0 aliphatic heterocycles. The lowest BCUT2D eigenvalue weighted by atomic mass is 10.1. The molecule has 0 aliphatic carbocycles. The molecule has 172 valence electrons. The number of nitrogens with one attached hydrogen (secondary N) is 1. The fourth-order valence-corrected chi connectivity index (χ4v) is 3.00. The summed E-state index contributed by atoms with van der Waals surface area (Å²) in [5.41, 5.74) is 1.30. The quantitative estimate of drug-likeness (QED) is 0.555. The maximum Gasteiger partial charge on any atom is 0.453 e. The van der Waals surface area contributed by atoms with E-state index in [4.69, 9.17) is 4.74 Å². The van der Waals surface area contributed by atoms with Crippen molar-refractivity contribution in [2.75, 3.05) is 11.9 Å². The van der Waals surface area contributed by atoms with Gasteiger partial charge in [0.15, 0.2) is 6.61 Å². The molecular formula is C19H17F6N5O2. The molecule has 0 unspecified atom stereocenters. The standard InChI is InChI=1S/C19H17F6N5O2/c1-10-12(11(2)30-17(26-10)28-16(29-30)19(23,24)25)7-8-15(31)27-13-5-3-4-6-14(13)32-9-18(20,21)22/h3-6H,7-9H2,1-2H3,(H,27,31). The number of para-hydroxylation sites is 2. The van der Waals surface area contributed by atoms with Crippen LogP contribution in [0.2, 0.25) is 0 Å². The SMILES string of the molecule is Cc1nc2nc(C(F)(F)F)nn2c(C)c1CCC(=O)Nc1ccccc1OCC(F)(F)F. The van der Waals surface area contributed by atoms with Gasteiger partial charge in [0.2, 0.25) is 5.91 Å². The van der Waals surface area contributed by atoms with Crippen LogP contribution in [0.1, 0.15) is 29.2 Å². The van der Waals surface area contributed by atoms with Crippen molar-refractivity contribution in [3.05, 3.63) is 47.0 Å². The van der Waals surface area contributed by atoms with E-state index in [-0.39, 0.29) is 30.1 Å². The number of carbonyl (C=O) groups is 1. The van der Waals surface area contributed by atoms with Gasteiger partial charge >= 0.3 is 12.4 Å². The van der Waals surface area contributed by atoms with Crippen LogP contribution < -0.4 is 10.1 Å². The van der Waals surface area contributed by atoms with Crippen molar-refractivity contribution < 1.29 is 35.9 Å². The van der Waals surface area contributed by atoms with Crippen LogP contribution in [-0.2, 0) is 17.4 Å². The number of ether oxygens (including phenoxy) is 1. The van der Waals surface area contributed by atoms with Crippen LogP contribution in [0.25, 0.3) is 5.78 Å². The number of nitrogens with zero attached hydrogens (tertiary/aromatic N) is 4. The van der Waals surface area contributed by atoms with Gasteiger partial charge in [0, 0.05) is 17.8 Å². The van der Waals surface area contributed by atoms with Crippen LogP contribution in [0.15, 0.2) is 24.3 Å². The van der Waals surface area contributed by atoms with E-state index in [1.165, 1.54) is 31.2 Å². The molecule has 0 saturated carbocycles. The van der Waals surface area contributed by atoms with E-state index in [2.05, 4.69) is 20.4 Å². The van der Waals surface area contributed by atoms with Crippen molar-refractivity contribution in [1.82, 2.24) is 19.6 Å². The van der Waals surface area contributed by atoms with Gasteiger partial charge in [-0.2, -0.15) is 31.3 Å². The highest BCUT2D eigenvalue weighted by Gasteiger charge is 2.37. The molecule has 0 saturated heterocycles. The van der Waals surface area contributed by atoms with E-state index in [9.17, 15) is 31.1 Å². The lowest BCUT2D eigenvalue weighted by Gasteiger charge is -2.14. The number of halogens is 6. The molecule has 32 heavy (non-hydrogen) atoms. The molecule has 13 heteroatoms. The molecule has 1 N–H and O–H groups in total. The fraction of sp³-hybridized carbons (Fsp3) is 0.368. The number of aromatic nitrogens is 4. The Morgan fingerprint density at radius 3 is 2.44 bits per heavy atom. The molecule has 2 aromatic heterocycles. The topological polar surface area (TPSA) is 81.4 Å². The Hall–Kier alpha value is -3.38. The van der Waals surface area contributed by atoms with Crippen molar-refractivity contribution >= 4 is 17.4 Å². The lowest BCUT2D eigenvalue weighted by Crippen LogP contribution is -2.20. The minimum Gasteiger partial charge on any atom is -0.482 e. The van der Waals surface area contributed by atoms with Crippen LogP contribution in [0.5, 0.6) is 5.75 Å². The molecule has 2 heterocycles. The average molecular weight is 461 g/mol. The van der Waals surface area contributed by atoms with Crippen LogP contribution in [0.3, 0.4) is 0 Å². The minimum atomic E-state index is -4.73. The summed E-state index contributed by atoms with van der Waals surface area (Å²) < 4.78 is 81.5. The van der Waals surface area contributed by atoms with Crippen LogP contribution in [0.4, 0.5) is 32.0 Å². The number of rotatable bonds is 6. The molecule has 1 amide bonds. The molecule has 1 aromatic carbocycles. The summed E-state index contributed by atoms with van der Waals surface area (Å²) >= 11 is 0. The minimum absolute atomic E-state index is 0.0647. The van der Waals surface area contributed by atoms with Crippen LogP contribution >= 0.6 is 0 Å². The third kappa shape index (κ3) is 5.45. The van der Waals surface area contributed by atoms with Gasteiger partial charge < -0.3 is 10.1 Å². The highest BCUT2D eigenvalue weighted by atomic mass is 19.4. The second kappa shape index (κ2) is 8.63. The zero-order valence-electron chi connectivity index (χ0n) is 16.8. The maximum atomic E-state index is 12.9. The predicted octanol–water partition coefficient (Wildman–Crippen LogP) is 4.27. The number of anilines is 1. The highest BCUT2D eigenvalue weighted by molar-refractivity contribution is 5.92. The van der Waals surface area contributed by atoms with E-state index in [0.717, 1.165) is 4.52 Å². The Morgan fingerprint density at radius 1 is 1.09 bits per heavy atom. The summed E-state index contributed by atoms with van der Waals surface area (Å²) in [5.74, 6) is -2.20. The van der Waals surface area contributed by atoms with Gasteiger partial charge in [-0.25, -0.2) is 9.50 Å². The van der Waals surface area contributed by atoms with Gasteiger partial charge in [0.25, 0.3) is 11.6 Å². The molecule has 0 spiro atoms. The maximum absolute atomic E-state index is 12.9. The van der Waals surface area contributed by atoms with E-state index < -0.39 is 30.7 Å². The van der Waals surface area contributed by atoms with Gasteiger partial charge in [-0.1, -0.05) is 12.1 Å². The van der Waals surface area contributed by atoms with E-state index in [1.807, 2.05) is 0 Å². The summed E-state index contributed by atoms with van der Waals surface area (Å²) in [6.45, 7) is 1.59. The molecule has 0 fully saturated rings. The average Bonchev–Trinajstić information content (AvgIpc) is 3.11. The molecule has 7 nitrogen and oxygen atoms in total. The predicted molar refractivity (Wildman–Crippen MR) is 100 cm³/mol. The van der Waals surface area contributed by atoms with Crippen LogP contribution in [-0.4, -0.2) is 38.3 Å². The van der Waals surface area contributed by atoms with Crippen LogP contribution in [0, 0.1) is 13.8 Å².